The van der Waals surface area contributed by atoms with E-state index < -0.39 is 24.3 Å². The van der Waals surface area contributed by atoms with Crippen molar-refractivity contribution in [3.05, 3.63) is 58.3 Å². The molecule has 0 spiro atoms. The second-order valence-corrected chi connectivity index (χ2v) is 10.7. The Balaban J connectivity index is 1.92. The predicted molar refractivity (Wildman–Crippen MR) is 116 cm³/mol. The Hall–Kier alpha value is -2.32. The van der Waals surface area contributed by atoms with Crippen molar-refractivity contribution in [2.75, 3.05) is 25.8 Å². The van der Waals surface area contributed by atoms with Gasteiger partial charge in [0.15, 0.2) is 5.16 Å². The van der Waals surface area contributed by atoms with E-state index in [1.165, 1.54) is 24.4 Å². The van der Waals surface area contributed by atoms with Crippen LogP contribution in [0.3, 0.4) is 0 Å². The van der Waals surface area contributed by atoms with E-state index in [2.05, 4.69) is 4.98 Å². The highest BCUT2D eigenvalue weighted by molar-refractivity contribution is 7.61. The van der Waals surface area contributed by atoms with Crippen molar-refractivity contribution < 1.29 is 23.7 Å². The summed E-state index contributed by atoms with van der Waals surface area (Å²) in [5.74, 6) is -1.74. The van der Waals surface area contributed by atoms with Crippen LogP contribution in [0.2, 0.25) is 0 Å². The molecule has 1 unspecified atom stereocenters. The van der Waals surface area contributed by atoms with Gasteiger partial charge in [-0.2, -0.15) is 0 Å². The maximum Gasteiger partial charge on any atom is 0.320 e. The van der Waals surface area contributed by atoms with Crippen molar-refractivity contribution in [2.45, 2.75) is 31.0 Å². The number of nitrogens with zero attached hydrogens (tertiary/aromatic N) is 1. The average molecular weight is 451 g/mol. The Morgan fingerprint density at radius 3 is 2.74 bits per heavy atom. The Morgan fingerprint density at radius 2 is 2.06 bits per heavy atom. The maximum absolute atomic E-state index is 14.0. The number of H-pyrrole nitrogens is 1. The molecule has 1 aromatic heterocycles. The Kier molecular flexibility index (Phi) is 7.11. The first-order chi connectivity index (χ1) is 14.7. The number of pyridine rings is 1. The molecule has 2 atom stereocenters. The van der Waals surface area contributed by atoms with Crippen molar-refractivity contribution in [3.63, 3.8) is 0 Å². The monoisotopic (exact) mass is 451 g/mol. The van der Waals surface area contributed by atoms with Crippen molar-refractivity contribution in [1.29, 1.82) is 0 Å². The highest BCUT2D eigenvalue weighted by Gasteiger charge is 2.56. The number of hydrogen-bond donors (Lipinski definition) is 4. The second kappa shape index (κ2) is 9.44. The van der Waals surface area contributed by atoms with Gasteiger partial charge in [-0.15, -0.1) is 0 Å². The van der Waals surface area contributed by atoms with Gasteiger partial charge in [0.25, 0.3) is 0 Å². The molecule has 2 heterocycles. The highest BCUT2D eigenvalue weighted by atomic mass is 31.2. The molecule has 5 N–H and O–H groups in total. The number of hydrogen-bond acceptors (Lipinski definition) is 5. The lowest BCUT2D eigenvalue weighted by molar-refractivity contribution is -0.141. The van der Waals surface area contributed by atoms with Crippen LogP contribution < -0.4 is 11.3 Å². The standard InChI is InChI=1S/C21H27FN3O5P/c22-17-4-3-16(18(12-17)15-5-8-24-19(26)11-15)13-25-9-10-31(29,30)21(14-25,20(27)28)6-1-2-7-23/h3-5,8,11-12H,1-2,6-7,9-10,13-14,23H2,(H,24,26)(H,27,28)(H,29,30)/t21-/m0/s1. The number of nitrogens with two attached hydrogens (primary N) is 1. The zero-order valence-corrected chi connectivity index (χ0v) is 18.0. The van der Waals surface area contributed by atoms with Gasteiger partial charge in [-0.3, -0.25) is 19.1 Å². The third kappa shape index (κ3) is 4.96. The summed E-state index contributed by atoms with van der Waals surface area (Å²) in [6.07, 6.45) is 2.41. The summed E-state index contributed by atoms with van der Waals surface area (Å²) in [6.45, 7) is 0.789. The molecule has 168 valence electrons. The van der Waals surface area contributed by atoms with Crippen LogP contribution in [-0.2, 0) is 15.9 Å². The summed E-state index contributed by atoms with van der Waals surface area (Å²) in [7, 11) is -3.94. The van der Waals surface area contributed by atoms with E-state index in [4.69, 9.17) is 5.73 Å². The lowest BCUT2D eigenvalue weighted by Gasteiger charge is -2.43. The molecular weight excluding hydrogens is 424 g/mol. The number of carboxylic acids is 1. The van der Waals surface area contributed by atoms with E-state index in [1.807, 2.05) is 4.90 Å². The van der Waals surface area contributed by atoms with Gasteiger partial charge < -0.3 is 20.7 Å². The number of aliphatic carboxylic acids is 1. The molecule has 31 heavy (non-hydrogen) atoms. The molecule has 1 aliphatic heterocycles. The number of unbranched alkanes of at least 4 members (excludes halogenated alkanes) is 1. The van der Waals surface area contributed by atoms with Gasteiger partial charge >= 0.3 is 5.97 Å². The Bertz CT molecular complexity index is 1060. The van der Waals surface area contributed by atoms with Crippen molar-refractivity contribution in [2.24, 2.45) is 5.73 Å². The first kappa shape index (κ1) is 23.3. The Labute approximate surface area is 179 Å². The largest absolute Gasteiger partial charge is 0.480 e. The van der Waals surface area contributed by atoms with Gasteiger partial charge in [-0.05, 0) is 54.3 Å². The first-order valence-electron chi connectivity index (χ1n) is 10.1. The topological polar surface area (TPSA) is 137 Å². The number of halogens is 1. The van der Waals surface area contributed by atoms with Crippen LogP contribution in [0.25, 0.3) is 11.1 Å². The number of aromatic amines is 1. The lowest BCUT2D eigenvalue weighted by atomic mass is 9.97. The van der Waals surface area contributed by atoms with E-state index in [0.717, 1.165) is 0 Å². The zero-order chi connectivity index (χ0) is 22.6. The SMILES string of the molecule is NCCCC[C@@]1(C(=O)O)CN(Cc2ccc(F)cc2-c2cc[nH]c(=O)c2)CCP1(=O)O. The fourth-order valence-corrected chi connectivity index (χ4v) is 6.34. The van der Waals surface area contributed by atoms with Gasteiger partial charge in [0, 0.05) is 38.1 Å². The highest BCUT2D eigenvalue weighted by Crippen LogP contribution is 2.59. The number of carboxylic acid groups (broad SMARTS) is 1. The van der Waals surface area contributed by atoms with Gasteiger partial charge in [-0.25, -0.2) is 4.39 Å². The molecule has 1 aliphatic rings. The van der Waals surface area contributed by atoms with E-state index in [-0.39, 0.29) is 37.8 Å². The minimum atomic E-state index is -3.94. The molecule has 10 heteroatoms. The molecule has 3 rings (SSSR count). The van der Waals surface area contributed by atoms with E-state index in [1.54, 1.807) is 12.1 Å². The molecule has 8 nitrogen and oxygen atoms in total. The number of benzene rings is 1. The number of carbonyl (C=O) groups is 1. The predicted octanol–water partition coefficient (Wildman–Crippen LogP) is 2.22. The third-order valence-corrected chi connectivity index (χ3v) is 8.57. The number of nitrogens with one attached hydrogen (secondary N) is 1. The minimum absolute atomic E-state index is 0.0636. The fraction of sp³-hybridized carbons (Fsp3) is 0.429. The lowest BCUT2D eigenvalue weighted by Crippen LogP contribution is -2.53. The maximum atomic E-state index is 14.0. The summed E-state index contributed by atoms with van der Waals surface area (Å²) in [4.78, 5) is 38.8. The molecular formula is C21H27FN3O5P. The van der Waals surface area contributed by atoms with E-state index >= 15 is 0 Å². The van der Waals surface area contributed by atoms with Gasteiger partial charge in [0.05, 0.1) is 0 Å². The molecule has 1 fully saturated rings. The quantitative estimate of drug-likeness (QED) is 0.357. The molecule has 0 radical (unpaired) electrons. The molecule has 0 bridgehead atoms. The van der Waals surface area contributed by atoms with Gasteiger partial charge in [-0.1, -0.05) is 12.5 Å². The van der Waals surface area contributed by atoms with Crippen LogP contribution in [0.1, 0.15) is 24.8 Å². The van der Waals surface area contributed by atoms with Crippen molar-refractivity contribution in [1.82, 2.24) is 9.88 Å². The van der Waals surface area contributed by atoms with Crippen LogP contribution in [0, 0.1) is 5.82 Å². The summed E-state index contributed by atoms with van der Waals surface area (Å²) >= 11 is 0. The van der Waals surface area contributed by atoms with Crippen LogP contribution in [0.15, 0.2) is 41.3 Å². The smallest absolute Gasteiger partial charge is 0.320 e. The molecule has 0 amide bonds. The average Bonchev–Trinajstić information content (AvgIpc) is 2.71. The molecule has 2 aromatic rings. The first-order valence-corrected chi connectivity index (χ1v) is 12.0. The van der Waals surface area contributed by atoms with Crippen molar-refractivity contribution in [3.8, 4) is 11.1 Å². The van der Waals surface area contributed by atoms with Crippen LogP contribution in [0.5, 0.6) is 0 Å². The van der Waals surface area contributed by atoms with Gasteiger partial charge in [0.2, 0.25) is 12.9 Å². The zero-order valence-electron chi connectivity index (χ0n) is 17.1. The van der Waals surface area contributed by atoms with Crippen molar-refractivity contribution >= 4 is 13.3 Å². The van der Waals surface area contributed by atoms with E-state index in [9.17, 15) is 28.5 Å². The summed E-state index contributed by atoms with van der Waals surface area (Å²) < 4.78 is 26.9. The molecule has 0 saturated carbocycles. The van der Waals surface area contributed by atoms with Crippen LogP contribution >= 0.6 is 7.37 Å². The number of aromatic nitrogens is 1. The molecule has 1 aromatic carbocycles. The van der Waals surface area contributed by atoms with Crippen LogP contribution in [-0.4, -0.2) is 56.8 Å². The normalized spacial score (nSPS) is 24.2. The van der Waals surface area contributed by atoms with Gasteiger partial charge in [0.1, 0.15) is 5.82 Å². The minimum Gasteiger partial charge on any atom is -0.480 e. The summed E-state index contributed by atoms with van der Waals surface area (Å²) in [5, 5.41) is 8.17. The molecule has 0 aliphatic carbocycles. The van der Waals surface area contributed by atoms with E-state index in [0.29, 0.717) is 36.1 Å². The summed E-state index contributed by atoms with van der Waals surface area (Å²) in [5.41, 5.74) is 6.94. The second-order valence-electron chi connectivity index (χ2n) is 7.96. The summed E-state index contributed by atoms with van der Waals surface area (Å²) in [6, 6.07) is 7.25. The third-order valence-electron chi connectivity index (χ3n) is 5.87. The molecule has 1 saturated heterocycles. The van der Waals surface area contributed by atoms with Crippen LogP contribution in [0.4, 0.5) is 4.39 Å². The fourth-order valence-electron chi connectivity index (χ4n) is 4.13. The Morgan fingerprint density at radius 1 is 1.29 bits per heavy atom. The number of rotatable bonds is 8.